The van der Waals surface area contributed by atoms with E-state index in [0.717, 1.165) is 0 Å². The minimum absolute atomic E-state index is 0.0654. The van der Waals surface area contributed by atoms with E-state index in [1.165, 1.54) is 0 Å². The lowest BCUT2D eigenvalue weighted by atomic mass is 9.79. The number of nitrogens with one attached hydrogen (secondary N) is 3. The standard InChI is InChI=1S/C20H30ClF4N3O3/c21-16-4-3-15(7-17(16)22)31-10-18(29)28-14-5-11(6-14)19(30)27-9-13-2-1-12(8-26-13)20(23,24)25/h11-17,26H,1-10H2,(H,27,30)(H,28,29). The Kier molecular flexibility index (Phi) is 8.43. The quantitative estimate of drug-likeness (QED) is 0.393. The number of amides is 2. The number of ether oxygens (including phenoxy) is 1. The van der Waals surface area contributed by atoms with E-state index in [1.54, 1.807) is 0 Å². The van der Waals surface area contributed by atoms with Crippen LogP contribution in [0.1, 0.15) is 44.9 Å². The van der Waals surface area contributed by atoms with Crippen LogP contribution in [0.3, 0.4) is 0 Å². The Morgan fingerprint density at radius 3 is 2.45 bits per heavy atom. The Labute approximate surface area is 184 Å². The summed E-state index contributed by atoms with van der Waals surface area (Å²) in [5, 5.41) is 7.96. The molecule has 1 aliphatic heterocycles. The molecule has 3 fully saturated rings. The van der Waals surface area contributed by atoms with Crippen LogP contribution < -0.4 is 16.0 Å². The second-order valence-corrected chi connectivity index (χ2v) is 9.44. The van der Waals surface area contributed by atoms with Crippen molar-refractivity contribution in [2.24, 2.45) is 11.8 Å². The summed E-state index contributed by atoms with van der Waals surface area (Å²) in [5.74, 6) is -1.98. The first kappa shape index (κ1) is 24.5. The van der Waals surface area contributed by atoms with Crippen molar-refractivity contribution in [3.8, 4) is 0 Å². The molecule has 1 saturated heterocycles. The lowest BCUT2D eigenvalue weighted by molar-refractivity contribution is -0.179. The number of hydrogen-bond donors (Lipinski definition) is 3. The fourth-order valence-electron chi connectivity index (χ4n) is 4.34. The molecule has 5 atom stereocenters. The molecule has 0 radical (unpaired) electrons. The van der Waals surface area contributed by atoms with Gasteiger partial charge in [0, 0.05) is 37.5 Å². The van der Waals surface area contributed by atoms with Gasteiger partial charge in [-0.1, -0.05) is 0 Å². The van der Waals surface area contributed by atoms with Crippen LogP contribution in [0.25, 0.3) is 0 Å². The third kappa shape index (κ3) is 7.18. The van der Waals surface area contributed by atoms with Gasteiger partial charge in [-0.25, -0.2) is 4.39 Å². The number of hydrogen-bond acceptors (Lipinski definition) is 4. The molecule has 0 aromatic heterocycles. The molecule has 2 saturated carbocycles. The van der Waals surface area contributed by atoms with Crippen molar-refractivity contribution < 1.29 is 31.9 Å². The average molecular weight is 472 g/mol. The maximum absolute atomic E-state index is 13.6. The Morgan fingerprint density at radius 2 is 1.84 bits per heavy atom. The molecule has 3 aliphatic rings. The van der Waals surface area contributed by atoms with E-state index in [0.29, 0.717) is 38.6 Å². The van der Waals surface area contributed by atoms with Crippen LogP contribution in [-0.2, 0) is 14.3 Å². The molecule has 3 N–H and O–H groups in total. The molecule has 2 aliphatic carbocycles. The third-order valence-electron chi connectivity index (χ3n) is 6.47. The number of rotatable bonds is 7. The lowest BCUT2D eigenvalue weighted by Gasteiger charge is -2.36. The summed E-state index contributed by atoms with van der Waals surface area (Å²) >= 11 is 5.83. The van der Waals surface area contributed by atoms with Gasteiger partial charge in [0.05, 0.1) is 17.4 Å². The first-order chi connectivity index (χ1) is 14.6. The van der Waals surface area contributed by atoms with Gasteiger partial charge in [-0.05, 0) is 38.5 Å². The maximum Gasteiger partial charge on any atom is 0.393 e. The van der Waals surface area contributed by atoms with Gasteiger partial charge in [0.15, 0.2) is 0 Å². The number of carbonyl (C=O) groups excluding carboxylic acids is 2. The summed E-state index contributed by atoms with van der Waals surface area (Å²) in [6.45, 7) is 0.0256. The molecule has 0 aromatic rings. The average Bonchev–Trinajstić information content (AvgIpc) is 2.69. The molecule has 3 rings (SSSR count). The molecule has 0 spiro atoms. The summed E-state index contributed by atoms with van der Waals surface area (Å²) in [6, 6.07) is -0.271. The summed E-state index contributed by atoms with van der Waals surface area (Å²) < 4.78 is 57.1. The van der Waals surface area contributed by atoms with Crippen LogP contribution in [0.2, 0.25) is 0 Å². The van der Waals surface area contributed by atoms with Crippen molar-refractivity contribution in [1.82, 2.24) is 16.0 Å². The Hall–Kier alpha value is -1.13. The summed E-state index contributed by atoms with van der Waals surface area (Å²) in [6.07, 6.45) is -2.82. The lowest BCUT2D eigenvalue weighted by Crippen LogP contribution is -2.53. The van der Waals surface area contributed by atoms with Gasteiger partial charge in [0.2, 0.25) is 11.8 Å². The molecule has 1 heterocycles. The van der Waals surface area contributed by atoms with Crippen LogP contribution >= 0.6 is 11.6 Å². The van der Waals surface area contributed by atoms with Gasteiger partial charge in [-0.15, -0.1) is 11.6 Å². The predicted octanol–water partition coefficient (Wildman–Crippen LogP) is 2.44. The zero-order chi connectivity index (χ0) is 22.6. The van der Waals surface area contributed by atoms with Crippen LogP contribution in [0.4, 0.5) is 17.6 Å². The van der Waals surface area contributed by atoms with Gasteiger partial charge in [-0.2, -0.15) is 13.2 Å². The monoisotopic (exact) mass is 471 g/mol. The van der Waals surface area contributed by atoms with Crippen molar-refractivity contribution in [2.75, 3.05) is 19.7 Å². The van der Waals surface area contributed by atoms with E-state index in [1.807, 2.05) is 0 Å². The van der Waals surface area contributed by atoms with E-state index in [-0.39, 0.29) is 61.9 Å². The largest absolute Gasteiger partial charge is 0.393 e. The van der Waals surface area contributed by atoms with Crippen molar-refractivity contribution >= 4 is 23.4 Å². The van der Waals surface area contributed by atoms with E-state index in [4.69, 9.17) is 16.3 Å². The first-order valence-electron chi connectivity index (χ1n) is 10.9. The maximum atomic E-state index is 13.6. The summed E-state index contributed by atoms with van der Waals surface area (Å²) in [5.41, 5.74) is 0. The van der Waals surface area contributed by atoms with Crippen LogP contribution in [0.5, 0.6) is 0 Å². The zero-order valence-corrected chi connectivity index (χ0v) is 18.0. The molecule has 0 aromatic carbocycles. The van der Waals surface area contributed by atoms with Crippen LogP contribution in [0, 0.1) is 11.8 Å². The van der Waals surface area contributed by atoms with E-state index in [9.17, 15) is 27.2 Å². The smallest absolute Gasteiger partial charge is 0.368 e. The molecular weight excluding hydrogens is 442 g/mol. The van der Waals surface area contributed by atoms with Crippen molar-refractivity contribution in [3.05, 3.63) is 0 Å². The van der Waals surface area contributed by atoms with Gasteiger partial charge in [-0.3, -0.25) is 9.59 Å². The SMILES string of the molecule is O=C(COC1CCC(Cl)C(F)C1)NC1CC(C(=O)NCC2CCC(C(F)(F)F)CN2)C1. The molecule has 31 heavy (non-hydrogen) atoms. The predicted molar refractivity (Wildman–Crippen MR) is 106 cm³/mol. The van der Waals surface area contributed by atoms with E-state index in [2.05, 4.69) is 16.0 Å². The van der Waals surface area contributed by atoms with Crippen LogP contribution in [-0.4, -0.2) is 67.4 Å². The summed E-state index contributed by atoms with van der Waals surface area (Å²) in [4.78, 5) is 24.2. The molecule has 0 bridgehead atoms. The van der Waals surface area contributed by atoms with E-state index < -0.39 is 23.6 Å². The number of carbonyl (C=O) groups is 2. The van der Waals surface area contributed by atoms with Gasteiger partial charge < -0.3 is 20.7 Å². The molecule has 6 nitrogen and oxygen atoms in total. The number of piperidine rings is 1. The van der Waals surface area contributed by atoms with E-state index >= 15 is 0 Å². The second-order valence-electron chi connectivity index (χ2n) is 8.88. The zero-order valence-electron chi connectivity index (χ0n) is 17.2. The number of alkyl halides is 5. The van der Waals surface area contributed by atoms with Crippen molar-refractivity contribution in [1.29, 1.82) is 0 Å². The Bertz CT molecular complexity index is 625. The molecular formula is C20H30ClF4N3O3. The number of halogens is 5. The fraction of sp³-hybridized carbons (Fsp3) is 0.900. The van der Waals surface area contributed by atoms with Gasteiger partial charge in [0.25, 0.3) is 0 Å². The van der Waals surface area contributed by atoms with Gasteiger partial charge in [0.1, 0.15) is 12.8 Å². The minimum atomic E-state index is -4.18. The van der Waals surface area contributed by atoms with Crippen molar-refractivity contribution in [3.63, 3.8) is 0 Å². The first-order valence-corrected chi connectivity index (χ1v) is 11.3. The van der Waals surface area contributed by atoms with Crippen molar-refractivity contribution in [2.45, 2.75) is 80.9 Å². The highest BCUT2D eigenvalue weighted by Crippen LogP contribution is 2.32. The highest BCUT2D eigenvalue weighted by molar-refractivity contribution is 6.21. The molecule has 11 heteroatoms. The molecule has 178 valence electrons. The normalized spacial score (nSPS) is 36.4. The fourth-order valence-corrected chi connectivity index (χ4v) is 4.57. The topological polar surface area (TPSA) is 79.5 Å². The Morgan fingerprint density at radius 1 is 1.10 bits per heavy atom. The summed E-state index contributed by atoms with van der Waals surface area (Å²) in [7, 11) is 0. The molecule has 2 amide bonds. The highest BCUT2D eigenvalue weighted by Gasteiger charge is 2.41. The molecule has 5 unspecified atom stereocenters. The third-order valence-corrected chi connectivity index (χ3v) is 6.96. The second kappa shape index (κ2) is 10.7. The Balaban J connectivity index is 1.25. The highest BCUT2D eigenvalue weighted by atomic mass is 35.5. The van der Waals surface area contributed by atoms with Gasteiger partial charge >= 0.3 is 6.18 Å². The van der Waals surface area contributed by atoms with Crippen LogP contribution in [0.15, 0.2) is 0 Å². The minimum Gasteiger partial charge on any atom is -0.368 e.